The lowest BCUT2D eigenvalue weighted by molar-refractivity contribution is 0.101. The highest BCUT2D eigenvalue weighted by atomic mass is 16.5. The number of aromatic hydroxyl groups is 1. The van der Waals surface area contributed by atoms with Gasteiger partial charge in [0.2, 0.25) is 5.78 Å². The van der Waals surface area contributed by atoms with Gasteiger partial charge in [0.15, 0.2) is 5.76 Å². The number of aryl methyl sites for hydroxylation is 1. The van der Waals surface area contributed by atoms with Crippen molar-refractivity contribution in [3.63, 3.8) is 0 Å². The summed E-state index contributed by atoms with van der Waals surface area (Å²) in [7, 11) is 0. The van der Waals surface area contributed by atoms with Crippen LogP contribution in [0.25, 0.3) is 6.08 Å². The van der Waals surface area contributed by atoms with E-state index in [-0.39, 0.29) is 17.3 Å². The number of carbonyl (C=O) groups excluding carboxylic acids is 1. The third kappa shape index (κ3) is 2.61. The molecule has 3 heterocycles. The van der Waals surface area contributed by atoms with Crippen LogP contribution in [0.2, 0.25) is 0 Å². The van der Waals surface area contributed by atoms with Gasteiger partial charge in [-0.2, -0.15) is 0 Å². The highest BCUT2D eigenvalue weighted by molar-refractivity contribution is 6.14. The third-order valence-corrected chi connectivity index (χ3v) is 4.53. The summed E-state index contributed by atoms with van der Waals surface area (Å²) in [6.45, 7) is 4.45. The fraction of sp³-hybridized carbons (Fsp3) is 0.316. The number of phenolic OH excluding ortho intramolecular Hbond substituents is 1. The van der Waals surface area contributed by atoms with Gasteiger partial charge in [0, 0.05) is 12.6 Å². The van der Waals surface area contributed by atoms with Gasteiger partial charge < -0.3 is 14.3 Å². The van der Waals surface area contributed by atoms with Gasteiger partial charge in [-0.3, -0.25) is 9.69 Å². The first-order valence-corrected chi connectivity index (χ1v) is 8.20. The fourth-order valence-corrected chi connectivity index (χ4v) is 3.27. The molecule has 2 aliphatic heterocycles. The number of hydrogen-bond acceptors (Lipinski definition) is 5. The summed E-state index contributed by atoms with van der Waals surface area (Å²) < 4.78 is 11.3. The molecule has 4 rings (SSSR count). The number of allylic oxidation sites excluding steroid dienone is 1. The number of carbonyl (C=O) groups is 1. The second-order valence-corrected chi connectivity index (χ2v) is 6.31. The zero-order valence-electron chi connectivity index (χ0n) is 13.5. The van der Waals surface area contributed by atoms with Crippen molar-refractivity contribution in [2.24, 2.45) is 0 Å². The number of ether oxygens (including phenoxy) is 1. The number of fused-ring (bicyclic) bond motifs is 1. The predicted molar refractivity (Wildman–Crippen MR) is 89.0 cm³/mol. The maximum absolute atomic E-state index is 12.6. The van der Waals surface area contributed by atoms with Gasteiger partial charge in [-0.15, -0.1) is 0 Å². The average molecular weight is 325 g/mol. The molecule has 0 amide bonds. The molecule has 0 unspecified atom stereocenters. The van der Waals surface area contributed by atoms with E-state index in [2.05, 4.69) is 4.90 Å². The van der Waals surface area contributed by atoms with E-state index in [0.29, 0.717) is 29.2 Å². The zero-order chi connectivity index (χ0) is 16.7. The standard InChI is InChI=1S/C19H19NO4/c1-12-4-5-13(23-12)10-17-18(22)14-6-7-16(21)15(19(14)24-17)11-20-8-2-3-9-20/h4-7,10,21H,2-3,8-9,11H2,1H3/b17-10+. The number of phenols is 1. The first-order valence-electron chi connectivity index (χ1n) is 8.20. The summed E-state index contributed by atoms with van der Waals surface area (Å²) in [4.78, 5) is 14.8. The minimum absolute atomic E-state index is 0.170. The number of Topliss-reactive ketones (excluding diaryl/α,β-unsaturated/α-hetero) is 1. The molecule has 0 spiro atoms. The van der Waals surface area contributed by atoms with Crippen molar-refractivity contribution in [3.8, 4) is 11.5 Å². The molecule has 0 radical (unpaired) electrons. The summed E-state index contributed by atoms with van der Waals surface area (Å²) in [6, 6.07) is 6.83. The lowest BCUT2D eigenvalue weighted by Gasteiger charge is -2.17. The SMILES string of the molecule is Cc1ccc(/C=C2/Oc3c(ccc(O)c3CN3CCCC3)C2=O)o1. The van der Waals surface area contributed by atoms with Crippen molar-refractivity contribution < 1.29 is 19.1 Å². The van der Waals surface area contributed by atoms with Crippen molar-refractivity contribution in [1.29, 1.82) is 0 Å². The Labute approximate surface area is 140 Å². The summed E-state index contributed by atoms with van der Waals surface area (Å²) in [5.41, 5.74) is 1.18. The summed E-state index contributed by atoms with van der Waals surface area (Å²) in [6.07, 6.45) is 3.93. The van der Waals surface area contributed by atoms with E-state index in [9.17, 15) is 9.90 Å². The summed E-state index contributed by atoms with van der Waals surface area (Å²) >= 11 is 0. The quantitative estimate of drug-likeness (QED) is 0.875. The molecular weight excluding hydrogens is 306 g/mol. The van der Waals surface area contributed by atoms with Crippen molar-refractivity contribution in [2.75, 3.05) is 13.1 Å². The Morgan fingerprint density at radius 1 is 1.21 bits per heavy atom. The Kier molecular flexibility index (Phi) is 3.65. The molecular formula is C19H19NO4. The smallest absolute Gasteiger partial charge is 0.232 e. The van der Waals surface area contributed by atoms with Gasteiger partial charge >= 0.3 is 0 Å². The van der Waals surface area contributed by atoms with E-state index >= 15 is 0 Å². The molecule has 5 heteroatoms. The van der Waals surface area contributed by atoms with E-state index < -0.39 is 0 Å². The topological polar surface area (TPSA) is 62.9 Å². The molecule has 1 aromatic carbocycles. The average Bonchev–Trinajstić information content (AvgIpc) is 3.26. The van der Waals surface area contributed by atoms with E-state index in [4.69, 9.17) is 9.15 Å². The molecule has 2 aromatic rings. The second kappa shape index (κ2) is 5.83. The number of likely N-dealkylation sites (tertiary alicyclic amines) is 1. The molecule has 0 aliphatic carbocycles. The summed E-state index contributed by atoms with van der Waals surface area (Å²) in [5, 5.41) is 10.2. The Hall–Kier alpha value is -2.53. The van der Waals surface area contributed by atoms with E-state index in [1.165, 1.54) is 12.8 Å². The molecule has 1 aromatic heterocycles. The minimum atomic E-state index is -0.179. The molecule has 124 valence electrons. The van der Waals surface area contributed by atoms with Gasteiger partial charge in [-0.25, -0.2) is 0 Å². The van der Waals surface area contributed by atoms with Gasteiger partial charge in [-0.1, -0.05) is 0 Å². The number of hydrogen-bond donors (Lipinski definition) is 1. The number of ketones is 1. The number of nitrogens with zero attached hydrogens (tertiary/aromatic N) is 1. The van der Waals surface area contributed by atoms with Crippen molar-refractivity contribution in [1.82, 2.24) is 4.90 Å². The van der Waals surface area contributed by atoms with E-state index in [1.807, 2.05) is 13.0 Å². The van der Waals surface area contributed by atoms with Crippen LogP contribution < -0.4 is 4.74 Å². The van der Waals surface area contributed by atoms with Crippen LogP contribution in [-0.2, 0) is 6.54 Å². The molecule has 1 N–H and O–H groups in total. The number of furan rings is 1. The largest absolute Gasteiger partial charge is 0.507 e. The van der Waals surface area contributed by atoms with Gasteiger partial charge in [0.25, 0.3) is 0 Å². The Balaban J connectivity index is 1.68. The van der Waals surface area contributed by atoms with Crippen LogP contribution in [0, 0.1) is 6.92 Å². The highest BCUT2D eigenvalue weighted by Gasteiger charge is 2.32. The second-order valence-electron chi connectivity index (χ2n) is 6.31. The summed E-state index contributed by atoms with van der Waals surface area (Å²) in [5.74, 6) is 2.05. The number of benzene rings is 1. The molecule has 0 atom stereocenters. The first kappa shape index (κ1) is 15.0. The zero-order valence-corrected chi connectivity index (χ0v) is 13.5. The Morgan fingerprint density at radius 3 is 2.71 bits per heavy atom. The maximum atomic E-state index is 12.6. The molecule has 24 heavy (non-hydrogen) atoms. The van der Waals surface area contributed by atoms with Crippen molar-refractivity contribution in [2.45, 2.75) is 26.3 Å². The first-order chi connectivity index (χ1) is 11.6. The third-order valence-electron chi connectivity index (χ3n) is 4.53. The van der Waals surface area contributed by atoms with Gasteiger partial charge in [-0.05, 0) is 57.1 Å². The predicted octanol–water partition coefficient (Wildman–Crippen LogP) is 3.51. The fourth-order valence-electron chi connectivity index (χ4n) is 3.27. The number of rotatable bonds is 3. The van der Waals surface area contributed by atoms with Crippen molar-refractivity contribution >= 4 is 11.9 Å². The van der Waals surface area contributed by atoms with Crippen molar-refractivity contribution in [3.05, 3.63) is 52.7 Å². The monoisotopic (exact) mass is 325 g/mol. The minimum Gasteiger partial charge on any atom is -0.507 e. The lowest BCUT2D eigenvalue weighted by atomic mass is 10.0. The molecule has 0 saturated carbocycles. The van der Waals surface area contributed by atoms with Crippen LogP contribution in [0.5, 0.6) is 11.5 Å². The lowest BCUT2D eigenvalue weighted by Crippen LogP contribution is -2.18. The van der Waals surface area contributed by atoms with E-state index in [0.717, 1.165) is 18.8 Å². The van der Waals surface area contributed by atoms with Crippen LogP contribution in [-0.4, -0.2) is 28.9 Å². The van der Waals surface area contributed by atoms with Crippen LogP contribution in [0.1, 0.15) is 40.3 Å². The van der Waals surface area contributed by atoms with Crippen LogP contribution in [0.15, 0.2) is 34.4 Å². The molecule has 2 aliphatic rings. The molecule has 5 nitrogen and oxygen atoms in total. The van der Waals surface area contributed by atoms with Crippen LogP contribution in [0.4, 0.5) is 0 Å². The highest BCUT2D eigenvalue weighted by Crippen LogP contribution is 2.40. The van der Waals surface area contributed by atoms with Crippen LogP contribution in [0.3, 0.4) is 0 Å². The Morgan fingerprint density at radius 2 is 2.00 bits per heavy atom. The molecule has 0 bridgehead atoms. The molecule has 1 fully saturated rings. The molecule has 1 saturated heterocycles. The Bertz CT molecular complexity index is 828. The van der Waals surface area contributed by atoms with Gasteiger partial charge in [0.1, 0.15) is 23.0 Å². The maximum Gasteiger partial charge on any atom is 0.232 e. The van der Waals surface area contributed by atoms with Gasteiger partial charge in [0.05, 0.1) is 11.1 Å². The van der Waals surface area contributed by atoms with E-state index in [1.54, 1.807) is 24.3 Å². The normalized spacial score (nSPS) is 19.0. The van der Waals surface area contributed by atoms with Crippen LogP contribution >= 0.6 is 0 Å².